The van der Waals surface area contributed by atoms with Gasteiger partial charge in [-0.05, 0) is 48.5 Å². The van der Waals surface area contributed by atoms with Crippen LogP contribution in [-0.4, -0.2) is 17.2 Å². The SMILES string of the molecule is COc1ccc(S(=O)(=NC(=O)c2ccccc2)c2ccccc2)cc1. The van der Waals surface area contributed by atoms with E-state index in [9.17, 15) is 9.00 Å². The maximum absolute atomic E-state index is 13.7. The zero-order valence-corrected chi connectivity index (χ0v) is 14.5. The van der Waals surface area contributed by atoms with Crippen LogP contribution in [0.3, 0.4) is 0 Å². The molecule has 0 radical (unpaired) electrons. The van der Waals surface area contributed by atoms with Gasteiger partial charge in [0.15, 0.2) is 0 Å². The maximum Gasteiger partial charge on any atom is 0.285 e. The van der Waals surface area contributed by atoms with Gasteiger partial charge in [-0.1, -0.05) is 36.4 Å². The van der Waals surface area contributed by atoms with E-state index in [0.29, 0.717) is 21.1 Å². The molecule has 3 aromatic carbocycles. The molecule has 0 aliphatic heterocycles. The number of amides is 1. The van der Waals surface area contributed by atoms with Crippen molar-refractivity contribution >= 4 is 15.6 Å². The smallest absolute Gasteiger partial charge is 0.285 e. The second-order valence-electron chi connectivity index (χ2n) is 5.28. The Morgan fingerprint density at radius 1 is 0.800 bits per heavy atom. The molecule has 5 heteroatoms. The first-order chi connectivity index (χ1) is 12.1. The summed E-state index contributed by atoms with van der Waals surface area (Å²) in [5, 5.41) is 0. The van der Waals surface area contributed by atoms with Gasteiger partial charge in [0.05, 0.1) is 16.9 Å². The lowest BCUT2D eigenvalue weighted by atomic mass is 10.2. The molecule has 1 unspecified atom stereocenters. The average Bonchev–Trinajstić information content (AvgIpc) is 2.69. The molecule has 1 amide bonds. The van der Waals surface area contributed by atoms with Crippen LogP contribution in [0, 0.1) is 0 Å². The highest BCUT2D eigenvalue weighted by atomic mass is 32.2. The van der Waals surface area contributed by atoms with Crippen molar-refractivity contribution in [2.75, 3.05) is 7.11 Å². The van der Waals surface area contributed by atoms with Crippen LogP contribution < -0.4 is 4.74 Å². The molecule has 25 heavy (non-hydrogen) atoms. The van der Waals surface area contributed by atoms with Crippen molar-refractivity contribution in [1.29, 1.82) is 0 Å². The molecule has 0 bridgehead atoms. The van der Waals surface area contributed by atoms with E-state index in [0.717, 1.165) is 0 Å². The number of ether oxygens (including phenoxy) is 1. The fourth-order valence-corrected chi connectivity index (χ4v) is 4.21. The van der Waals surface area contributed by atoms with Gasteiger partial charge < -0.3 is 4.74 Å². The molecule has 4 nitrogen and oxygen atoms in total. The predicted molar refractivity (Wildman–Crippen MR) is 97.3 cm³/mol. The van der Waals surface area contributed by atoms with Gasteiger partial charge in [-0.25, -0.2) is 4.21 Å². The molecule has 0 heterocycles. The number of benzene rings is 3. The first-order valence-electron chi connectivity index (χ1n) is 7.69. The van der Waals surface area contributed by atoms with Gasteiger partial charge in [-0.3, -0.25) is 4.79 Å². The minimum absolute atomic E-state index is 0.402. The van der Waals surface area contributed by atoms with Gasteiger partial charge in [-0.15, -0.1) is 4.36 Å². The minimum atomic E-state index is -3.10. The van der Waals surface area contributed by atoms with E-state index < -0.39 is 15.6 Å². The summed E-state index contributed by atoms with van der Waals surface area (Å²) in [5.74, 6) is 0.137. The molecular weight excluding hydrogens is 334 g/mol. The van der Waals surface area contributed by atoms with Crippen molar-refractivity contribution < 1.29 is 13.7 Å². The number of nitrogens with zero attached hydrogens (tertiary/aromatic N) is 1. The fourth-order valence-electron chi connectivity index (χ4n) is 2.36. The van der Waals surface area contributed by atoms with Crippen molar-refractivity contribution in [2.24, 2.45) is 4.36 Å². The number of rotatable bonds is 4. The van der Waals surface area contributed by atoms with Crippen LogP contribution in [0.2, 0.25) is 0 Å². The highest BCUT2D eigenvalue weighted by Gasteiger charge is 2.19. The van der Waals surface area contributed by atoms with Crippen LogP contribution >= 0.6 is 0 Å². The third-order valence-electron chi connectivity index (χ3n) is 3.67. The molecule has 1 atom stereocenters. The van der Waals surface area contributed by atoms with E-state index in [1.54, 1.807) is 79.9 Å². The van der Waals surface area contributed by atoms with Crippen LogP contribution in [-0.2, 0) is 9.73 Å². The number of methoxy groups -OCH3 is 1. The summed E-state index contributed by atoms with van der Waals surface area (Å²) in [7, 11) is -1.54. The molecule has 3 rings (SSSR count). The largest absolute Gasteiger partial charge is 0.497 e. The third-order valence-corrected chi connectivity index (χ3v) is 5.92. The Morgan fingerprint density at radius 2 is 1.32 bits per heavy atom. The van der Waals surface area contributed by atoms with Crippen LogP contribution in [0.25, 0.3) is 0 Å². The van der Waals surface area contributed by atoms with E-state index in [-0.39, 0.29) is 0 Å². The van der Waals surface area contributed by atoms with Crippen molar-refractivity contribution in [3.8, 4) is 5.75 Å². The van der Waals surface area contributed by atoms with E-state index in [1.807, 2.05) is 12.1 Å². The summed E-state index contributed by atoms with van der Waals surface area (Å²) in [5.41, 5.74) is 0.402. The Bertz CT molecular complexity index is 974. The van der Waals surface area contributed by atoms with Gasteiger partial charge in [0.2, 0.25) is 0 Å². The first kappa shape index (κ1) is 16.9. The van der Waals surface area contributed by atoms with Crippen LogP contribution in [0.1, 0.15) is 10.4 Å². The average molecular weight is 351 g/mol. The third kappa shape index (κ3) is 3.61. The normalized spacial score (nSPS) is 12.8. The monoisotopic (exact) mass is 351 g/mol. The molecule has 126 valence electrons. The highest BCUT2D eigenvalue weighted by molar-refractivity contribution is 7.94. The fraction of sp³-hybridized carbons (Fsp3) is 0.0500. The number of carbonyl (C=O) groups is 1. The summed E-state index contributed by atoms with van der Waals surface area (Å²) in [6.45, 7) is 0. The Labute approximate surface area is 147 Å². The summed E-state index contributed by atoms with van der Waals surface area (Å²) >= 11 is 0. The molecule has 0 N–H and O–H groups in total. The number of carbonyl (C=O) groups excluding carboxylic acids is 1. The van der Waals surface area contributed by atoms with Gasteiger partial charge >= 0.3 is 0 Å². The summed E-state index contributed by atoms with van der Waals surface area (Å²) < 4.78 is 23.0. The summed E-state index contributed by atoms with van der Waals surface area (Å²) in [6.07, 6.45) is 0. The summed E-state index contributed by atoms with van der Waals surface area (Å²) in [6, 6.07) is 24.2. The quantitative estimate of drug-likeness (QED) is 0.699. The van der Waals surface area contributed by atoms with Crippen molar-refractivity contribution in [3.63, 3.8) is 0 Å². The second-order valence-corrected chi connectivity index (χ2v) is 7.45. The van der Waals surface area contributed by atoms with Crippen molar-refractivity contribution in [1.82, 2.24) is 0 Å². The van der Waals surface area contributed by atoms with E-state index in [2.05, 4.69) is 4.36 Å². The molecular formula is C20H17NO3S. The minimum Gasteiger partial charge on any atom is -0.497 e. The Balaban J connectivity index is 2.17. The molecule has 0 aliphatic rings. The second kappa shape index (κ2) is 7.32. The molecule has 0 spiro atoms. The number of hydrogen-bond acceptors (Lipinski definition) is 3. The zero-order chi connectivity index (χ0) is 17.7. The van der Waals surface area contributed by atoms with Gasteiger partial charge in [0.1, 0.15) is 15.5 Å². The van der Waals surface area contributed by atoms with Crippen LogP contribution in [0.4, 0.5) is 0 Å². The predicted octanol–water partition coefficient (Wildman–Crippen LogP) is 4.42. The first-order valence-corrected chi connectivity index (χ1v) is 9.21. The summed E-state index contributed by atoms with van der Waals surface area (Å²) in [4.78, 5) is 13.5. The van der Waals surface area contributed by atoms with Crippen molar-refractivity contribution in [2.45, 2.75) is 9.79 Å². The van der Waals surface area contributed by atoms with Gasteiger partial charge in [-0.2, -0.15) is 0 Å². The lowest BCUT2D eigenvalue weighted by Gasteiger charge is -2.11. The van der Waals surface area contributed by atoms with Crippen LogP contribution in [0.5, 0.6) is 5.75 Å². The maximum atomic E-state index is 13.7. The molecule has 0 aliphatic carbocycles. The molecule has 0 saturated carbocycles. The van der Waals surface area contributed by atoms with E-state index >= 15 is 0 Å². The highest BCUT2D eigenvalue weighted by Crippen LogP contribution is 2.26. The van der Waals surface area contributed by atoms with Crippen LogP contribution in [0.15, 0.2) is 99.1 Å². The zero-order valence-electron chi connectivity index (χ0n) is 13.7. The molecule has 0 saturated heterocycles. The van der Waals surface area contributed by atoms with E-state index in [4.69, 9.17) is 4.74 Å². The Kier molecular flexibility index (Phi) is 4.95. The van der Waals surface area contributed by atoms with E-state index in [1.165, 1.54) is 0 Å². The lowest BCUT2D eigenvalue weighted by Crippen LogP contribution is -2.06. The molecule has 0 aromatic heterocycles. The topological polar surface area (TPSA) is 55.7 Å². The number of hydrogen-bond donors (Lipinski definition) is 0. The Hall–Kier alpha value is -2.92. The lowest BCUT2D eigenvalue weighted by molar-refractivity contribution is 0.100. The molecule has 0 fully saturated rings. The van der Waals surface area contributed by atoms with Gasteiger partial charge in [0, 0.05) is 5.56 Å². The Morgan fingerprint density at radius 3 is 1.88 bits per heavy atom. The van der Waals surface area contributed by atoms with Gasteiger partial charge in [0.25, 0.3) is 5.91 Å². The van der Waals surface area contributed by atoms with Crippen molar-refractivity contribution in [3.05, 3.63) is 90.5 Å². The standard InChI is InChI=1S/C20H17NO3S/c1-24-17-12-14-19(15-13-17)25(23,18-10-6-3-7-11-18)21-20(22)16-8-4-2-5-9-16/h2-15H,1H3. The molecule has 3 aromatic rings.